The van der Waals surface area contributed by atoms with E-state index in [1.165, 1.54) is 0 Å². The van der Waals surface area contributed by atoms with Crippen LogP contribution in [0.4, 0.5) is 0 Å². The number of nitrogens with one attached hydrogen (secondary N) is 2. The van der Waals surface area contributed by atoms with Gasteiger partial charge in [0.15, 0.2) is 0 Å². The second kappa shape index (κ2) is 6.65. The third-order valence-corrected chi connectivity index (χ3v) is 3.52. The molecule has 2 rings (SSSR count). The summed E-state index contributed by atoms with van der Waals surface area (Å²) in [6.45, 7) is 2.05. The van der Waals surface area contributed by atoms with Crippen LogP contribution in [0.5, 0.6) is 0 Å². The molecule has 106 valence electrons. The van der Waals surface area contributed by atoms with Gasteiger partial charge in [0.2, 0.25) is 5.82 Å². The molecule has 1 aromatic rings. The van der Waals surface area contributed by atoms with Crippen molar-refractivity contribution in [1.29, 1.82) is 0 Å². The molecule has 0 radical (unpaired) electrons. The molecule has 0 bridgehead atoms. The second-order valence-electron chi connectivity index (χ2n) is 5.14. The van der Waals surface area contributed by atoms with Crippen molar-refractivity contribution in [2.75, 3.05) is 0 Å². The fraction of sp³-hybridized carbons (Fsp3) is 0.769. The molecule has 0 spiro atoms. The van der Waals surface area contributed by atoms with E-state index in [0.29, 0.717) is 0 Å². The molecule has 19 heavy (non-hydrogen) atoms. The van der Waals surface area contributed by atoms with Crippen molar-refractivity contribution >= 4 is 5.91 Å². The number of carbonyl (C=O) groups is 1. The Hall–Kier alpha value is -1.43. The fourth-order valence-electron chi connectivity index (χ4n) is 2.43. The van der Waals surface area contributed by atoms with Crippen LogP contribution >= 0.6 is 0 Å². The summed E-state index contributed by atoms with van der Waals surface area (Å²) in [5, 5.41) is 19.5. The number of aromatic amines is 1. The zero-order valence-electron chi connectivity index (χ0n) is 11.4. The van der Waals surface area contributed by atoms with Crippen molar-refractivity contribution in [2.24, 2.45) is 0 Å². The van der Waals surface area contributed by atoms with Crippen LogP contribution in [0.25, 0.3) is 0 Å². The standard InChI is InChI=1S/C13H22N4O2/c1-2-6-11-15-12(17-16-11)13(19)14-9-7-4-3-5-8-10(9)18/h9-10,18H,2-8H2,1H3,(H,14,19)(H,15,16,17). The van der Waals surface area contributed by atoms with Gasteiger partial charge in [-0.1, -0.05) is 26.2 Å². The number of amides is 1. The predicted molar refractivity (Wildman–Crippen MR) is 70.7 cm³/mol. The van der Waals surface area contributed by atoms with Crippen LogP contribution in [0, 0.1) is 0 Å². The van der Waals surface area contributed by atoms with Gasteiger partial charge in [0.1, 0.15) is 5.82 Å². The van der Waals surface area contributed by atoms with E-state index in [2.05, 4.69) is 20.5 Å². The molecule has 1 fully saturated rings. The third kappa shape index (κ3) is 3.76. The molecule has 1 aliphatic carbocycles. The quantitative estimate of drug-likeness (QED) is 0.714. The molecule has 0 aliphatic heterocycles. The topological polar surface area (TPSA) is 90.9 Å². The molecule has 6 heteroatoms. The summed E-state index contributed by atoms with van der Waals surface area (Å²) >= 11 is 0. The number of aliphatic hydroxyl groups is 1. The SMILES string of the molecule is CCCc1nc(C(=O)NC2CCCCCC2O)n[nH]1. The number of carbonyl (C=O) groups excluding carboxylic acids is 1. The van der Waals surface area contributed by atoms with E-state index in [1.807, 2.05) is 6.92 Å². The van der Waals surface area contributed by atoms with Crippen molar-refractivity contribution in [3.63, 3.8) is 0 Å². The minimum absolute atomic E-state index is 0.167. The Bertz CT molecular complexity index is 419. The summed E-state index contributed by atoms with van der Waals surface area (Å²) < 4.78 is 0. The van der Waals surface area contributed by atoms with E-state index < -0.39 is 6.10 Å². The molecule has 1 amide bonds. The Kier molecular flexibility index (Phi) is 4.90. The molecule has 0 saturated heterocycles. The van der Waals surface area contributed by atoms with Gasteiger partial charge < -0.3 is 10.4 Å². The molecule has 2 unspecified atom stereocenters. The number of aliphatic hydroxyl groups excluding tert-OH is 1. The van der Waals surface area contributed by atoms with E-state index in [4.69, 9.17) is 0 Å². The highest BCUT2D eigenvalue weighted by atomic mass is 16.3. The van der Waals surface area contributed by atoms with Crippen molar-refractivity contribution in [3.05, 3.63) is 11.6 Å². The fourth-order valence-corrected chi connectivity index (χ4v) is 2.43. The molecule has 1 aliphatic rings. The first-order valence-electron chi connectivity index (χ1n) is 7.11. The summed E-state index contributed by atoms with van der Waals surface area (Å²) in [6.07, 6.45) is 6.03. The minimum Gasteiger partial charge on any atom is -0.391 e. The van der Waals surface area contributed by atoms with Crippen molar-refractivity contribution in [3.8, 4) is 0 Å². The van der Waals surface area contributed by atoms with E-state index in [9.17, 15) is 9.90 Å². The zero-order chi connectivity index (χ0) is 13.7. The molecule has 2 atom stereocenters. The monoisotopic (exact) mass is 266 g/mol. The highest BCUT2D eigenvalue weighted by Gasteiger charge is 2.24. The van der Waals surface area contributed by atoms with Crippen molar-refractivity contribution in [1.82, 2.24) is 20.5 Å². The molecule has 1 aromatic heterocycles. The first-order chi connectivity index (χ1) is 9.20. The summed E-state index contributed by atoms with van der Waals surface area (Å²) in [5.41, 5.74) is 0. The number of nitrogens with zero attached hydrogens (tertiary/aromatic N) is 2. The van der Waals surface area contributed by atoms with Crippen LogP contribution in [-0.2, 0) is 6.42 Å². The Morgan fingerprint density at radius 2 is 2.21 bits per heavy atom. The van der Waals surface area contributed by atoms with Gasteiger partial charge in [-0.25, -0.2) is 4.98 Å². The molecular formula is C13H22N4O2. The maximum atomic E-state index is 12.0. The van der Waals surface area contributed by atoms with Crippen LogP contribution < -0.4 is 5.32 Å². The summed E-state index contributed by atoms with van der Waals surface area (Å²) in [4.78, 5) is 16.2. The van der Waals surface area contributed by atoms with Crippen molar-refractivity contribution in [2.45, 2.75) is 64.0 Å². The van der Waals surface area contributed by atoms with Crippen LogP contribution in [0.15, 0.2) is 0 Å². The highest BCUT2D eigenvalue weighted by Crippen LogP contribution is 2.18. The first kappa shape index (κ1) is 14.0. The summed E-state index contributed by atoms with van der Waals surface area (Å²) in [6, 6.07) is -0.178. The van der Waals surface area contributed by atoms with Gasteiger partial charge >= 0.3 is 0 Å². The number of hydrogen-bond acceptors (Lipinski definition) is 4. The van der Waals surface area contributed by atoms with Gasteiger partial charge in [0.05, 0.1) is 12.1 Å². The number of rotatable bonds is 4. The van der Waals surface area contributed by atoms with E-state index in [1.54, 1.807) is 0 Å². The normalized spacial score (nSPS) is 23.9. The Morgan fingerprint density at radius 3 is 3.00 bits per heavy atom. The maximum Gasteiger partial charge on any atom is 0.291 e. The van der Waals surface area contributed by atoms with E-state index >= 15 is 0 Å². The summed E-state index contributed by atoms with van der Waals surface area (Å²) in [5.74, 6) is 0.596. The van der Waals surface area contributed by atoms with Crippen LogP contribution in [0.1, 0.15) is 61.9 Å². The van der Waals surface area contributed by atoms with Gasteiger partial charge in [0.25, 0.3) is 5.91 Å². The van der Waals surface area contributed by atoms with Gasteiger partial charge in [-0.15, -0.1) is 5.10 Å². The number of hydrogen-bond donors (Lipinski definition) is 3. The lowest BCUT2D eigenvalue weighted by Crippen LogP contribution is -2.43. The smallest absolute Gasteiger partial charge is 0.291 e. The number of H-pyrrole nitrogens is 1. The lowest BCUT2D eigenvalue weighted by atomic mass is 10.1. The predicted octanol–water partition coefficient (Wildman–Crippen LogP) is 1.18. The van der Waals surface area contributed by atoms with Gasteiger partial charge in [-0.3, -0.25) is 9.89 Å². The van der Waals surface area contributed by atoms with Crippen molar-refractivity contribution < 1.29 is 9.90 Å². The first-order valence-corrected chi connectivity index (χ1v) is 7.11. The van der Waals surface area contributed by atoms with E-state index in [-0.39, 0.29) is 17.8 Å². The van der Waals surface area contributed by atoms with E-state index in [0.717, 1.165) is 50.8 Å². The minimum atomic E-state index is -0.458. The summed E-state index contributed by atoms with van der Waals surface area (Å²) in [7, 11) is 0. The average molecular weight is 266 g/mol. The molecule has 1 saturated carbocycles. The molecule has 0 aromatic carbocycles. The van der Waals surface area contributed by atoms with Gasteiger partial charge in [0, 0.05) is 6.42 Å². The van der Waals surface area contributed by atoms with Gasteiger partial charge in [-0.05, 0) is 19.3 Å². The molecule has 1 heterocycles. The van der Waals surface area contributed by atoms with Crippen LogP contribution in [0.2, 0.25) is 0 Å². The Morgan fingerprint density at radius 1 is 1.42 bits per heavy atom. The second-order valence-corrected chi connectivity index (χ2v) is 5.14. The van der Waals surface area contributed by atoms with Crippen LogP contribution in [-0.4, -0.2) is 38.3 Å². The number of aromatic nitrogens is 3. The zero-order valence-corrected chi connectivity index (χ0v) is 11.4. The highest BCUT2D eigenvalue weighted by molar-refractivity contribution is 5.90. The average Bonchev–Trinajstić information content (AvgIpc) is 2.77. The third-order valence-electron chi connectivity index (χ3n) is 3.52. The Balaban J connectivity index is 1.94. The molecule has 3 N–H and O–H groups in total. The number of aryl methyl sites for hydroxylation is 1. The maximum absolute atomic E-state index is 12.0. The van der Waals surface area contributed by atoms with Gasteiger partial charge in [-0.2, -0.15) is 0 Å². The Labute approximate surface area is 113 Å². The lowest BCUT2D eigenvalue weighted by molar-refractivity contribution is 0.0809. The molecule has 6 nitrogen and oxygen atoms in total. The lowest BCUT2D eigenvalue weighted by Gasteiger charge is -2.20. The molecular weight excluding hydrogens is 244 g/mol. The van der Waals surface area contributed by atoms with Crippen LogP contribution in [0.3, 0.4) is 0 Å². The largest absolute Gasteiger partial charge is 0.391 e.